The molecule has 0 atom stereocenters. The SMILES string of the molecule is CCc1ccccc1/N=C/C1=CCCC(C)=C1O. The number of hydrogen-bond donors (Lipinski definition) is 1. The fourth-order valence-corrected chi connectivity index (χ4v) is 2.09. The quantitative estimate of drug-likeness (QED) is 0.776. The highest BCUT2D eigenvalue weighted by molar-refractivity contribution is 5.86. The van der Waals surface area contributed by atoms with Crippen molar-refractivity contribution in [2.24, 2.45) is 4.99 Å². The Morgan fingerprint density at radius 1 is 1.33 bits per heavy atom. The van der Waals surface area contributed by atoms with Gasteiger partial charge < -0.3 is 5.11 Å². The molecule has 0 unspecified atom stereocenters. The first kappa shape index (κ1) is 12.6. The fraction of sp³-hybridized carbons (Fsp3) is 0.312. The zero-order valence-corrected chi connectivity index (χ0v) is 11.0. The molecule has 2 heteroatoms. The van der Waals surface area contributed by atoms with Crippen LogP contribution >= 0.6 is 0 Å². The summed E-state index contributed by atoms with van der Waals surface area (Å²) in [5.41, 5.74) is 4.09. The molecule has 2 nitrogen and oxygen atoms in total. The van der Waals surface area contributed by atoms with Crippen molar-refractivity contribution in [1.82, 2.24) is 0 Å². The summed E-state index contributed by atoms with van der Waals surface area (Å²) in [4.78, 5) is 4.50. The molecular weight excluding hydrogens is 222 g/mol. The molecule has 2 rings (SSSR count). The van der Waals surface area contributed by atoms with Gasteiger partial charge in [-0.3, -0.25) is 4.99 Å². The van der Waals surface area contributed by atoms with Gasteiger partial charge >= 0.3 is 0 Å². The molecule has 1 N–H and O–H groups in total. The van der Waals surface area contributed by atoms with Gasteiger partial charge in [-0.2, -0.15) is 0 Å². The first-order valence-corrected chi connectivity index (χ1v) is 6.43. The van der Waals surface area contributed by atoms with Crippen molar-refractivity contribution in [2.75, 3.05) is 0 Å². The second kappa shape index (κ2) is 5.67. The molecule has 1 aliphatic carbocycles. The summed E-state index contributed by atoms with van der Waals surface area (Å²) in [6.07, 6.45) is 6.70. The van der Waals surface area contributed by atoms with Gasteiger partial charge in [0.15, 0.2) is 0 Å². The molecule has 1 aliphatic rings. The highest BCUT2D eigenvalue weighted by Gasteiger charge is 2.10. The van der Waals surface area contributed by atoms with Crippen LogP contribution in [0.3, 0.4) is 0 Å². The Kier molecular flexibility index (Phi) is 3.98. The van der Waals surface area contributed by atoms with Crippen molar-refractivity contribution in [3.05, 3.63) is 52.8 Å². The largest absolute Gasteiger partial charge is 0.507 e. The van der Waals surface area contributed by atoms with Crippen molar-refractivity contribution in [1.29, 1.82) is 0 Å². The maximum absolute atomic E-state index is 9.96. The molecule has 0 amide bonds. The molecule has 0 spiro atoms. The molecule has 0 fully saturated rings. The molecule has 1 aromatic carbocycles. The van der Waals surface area contributed by atoms with Crippen LogP contribution in [-0.4, -0.2) is 11.3 Å². The lowest BCUT2D eigenvalue weighted by atomic mass is 9.99. The van der Waals surface area contributed by atoms with Gasteiger partial charge in [-0.05, 0) is 43.4 Å². The lowest BCUT2D eigenvalue weighted by Crippen LogP contribution is -2.00. The lowest BCUT2D eigenvalue weighted by Gasteiger charge is -2.11. The second-order valence-corrected chi connectivity index (χ2v) is 4.57. The monoisotopic (exact) mass is 241 g/mol. The van der Waals surface area contributed by atoms with Crippen molar-refractivity contribution in [3.63, 3.8) is 0 Å². The Morgan fingerprint density at radius 3 is 2.89 bits per heavy atom. The molecule has 0 saturated carbocycles. The molecule has 0 radical (unpaired) electrons. The summed E-state index contributed by atoms with van der Waals surface area (Å²) >= 11 is 0. The van der Waals surface area contributed by atoms with E-state index in [0.717, 1.165) is 36.1 Å². The number of para-hydroxylation sites is 1. The third kappa shape index (κ3) is 2.70. The van der Waals surface area contributed by atoms with Gasteiger partial charge in [0.1, 0.15) is 5.76 Å². The average Bonchev–Trinajstić information content (AvgIpc) is 2.41. The fourth-order valence-electron chi connectivity index (χ4n) is 2.09. The number of aryl methyl sites for hydroxylation is 1. The number of benzene rings is 1. The van der Waals surface area contributed by atoms with Crippen molar-refractivity contribution in [3.8, 4) is 0 Å². The minimum Gasteiger partial charge on any atom is -0.507 e. The first-order chi connectivity index (χ1) is 8.72. The highest BCUT2D eigenvalue weighted by Crippen LogP contribution is 2.24. The smallest absolute Gasteiger partial charge is 0.122 e. The van der Waals surface area contributed by atoms with Gasteiger partial charge in [-0.1, -0.05) is 31.2 Å². The maximum Gasteiger partial charge on any atom is 0.122 e. The van der Waals surface area contributed by atoms with E-state index in [2.05, 4.69) is 18.0 Å². The third-order valence-electron chi connectivity index (χ3n) is 3.28. The minimum absolute atomic E-state index is 0.388. The predicted molar refractivity (Wildman–Crippen MR) is 76.6 cm³/mol. The van der Waals surface area contributed by atoms with Crippen LogP contribution in [0.4, 0.5) is 5.69 Å². The van der Waals surface area contributed by atoms with E-state index in [4.69, 9.17) is 0 Å². The lowest BCUT2D eigenvalue weighted by molar-refractivity contribution is 0.415. The number of hydrogen-bond acceptors (Lipinski definition) is 2. The summed E-state index contributed by atoms with van der Waals surface area (Å²) in [6.45, 7) is 4.09. The van der Waals surface area contributed by atoms with E-state index in [1.165, 1.54) is 5.56 Å². The zero-order chi connectivity index (χ0) is 13.0. The number of aliphatic hydroxyl groups is 1. The highest BCUT2D eigenvalue weighted by atomic mass is 16.3. The summed E-state index contributed by atoms with van der Waals surface area (Å²) in [7, 11) is 0. The van der Waals surface area contributed by atoms with E-state index in [9.17, 15) is 5.11 Å². The van der Waals surface area contributed by atoms with Crippen LogP contribution in [0.1, 0.15) is 32.3 Å². The number of aliphatic hydroxyl groups excluding tert-OH is 1. The molecule has 94 valence electrons. The molecule has 1 aromatic rings. The van der Waals surface area contributed by atoms with Crippen LogP contribution < -0.4 is 0 Å². The summed E-state index contributed by atoms with van der Waals surface area (Å²) < 4.78 is 0. The standard InChI is InChI=1S/C16H19NO/c1-3-13-8-4-5-10-15(13)17-11-14-9-6-7-12(2)16(14)18/h4-5,8-11,18H,3,6-7H2,1-2H3/b17-11+. The summed E-state index contributed by atoms with van der Waals surface area (Å²) in [5.74, 6) is 0.388. The topological polar surface area (TPSA) is 32.6 Å². The van der Waals surface area contributed by atoms with Gasteiger partial charge in [0.2, 0.25) is 0 Å². The van der Waals surface area contributed by atoms with Crippen LogP contribution in [0.25, 0.3) is 0 Å². The van der Waals surface area contributed by atoms with Crippen molar-refractivity contribution < 1.29 is 5.11 Å². The number of aliphatic imine (C=N–C) groups is 1. The van der Waals surface area contributed by atoms with Crippen LogP contribution in [0, 0.1) is 0 Å². The van der Waals surface area contributed by atoms with Crippen molar-refractivity contribution >= 4 is 11.9 Å². The number of rotatable bonds is 3. The third-order valence-corrected chi connectivity index (χ3v) is 3.28. The molecule has 0 aliphatic heterocycles. The number of allylic oxidation sites excluding steroid dienone is 3. The van der Waals surface area contributed by atoms with Crippen LogP contribution in [0.2, 0.25) is 0 Å². The Balaban J connectivity index is 2.24. The summed E-state index contributed by atoms with van der Waals surface area (Å²) in [5, 5.41) is 9.96. The minimum atomic E-state index is 0.388. The normalized spacial score (nSPS) is 16.2. The maximum atomic E-state index is 9.96. The molecule has 0 saturated heterocycles. The molecule has 0 heterocycles. The van der Waals surface area contributed by atoms with Crippen LogP contribution in [0.15, 0.2) is 52.2 Å². The average molecular weight is 241 g/mol. The van der Waals surface area contributed by atoms with E-state index in [1.54, 1.807) is 6.21 Å². The molecule has 0 aromatic heterocycles. The van der Waals surface area contributed by atoms with E-state index in [0.29, 0.717) is 5.76 Å². The molecular formula is C16H19NO. The van der Waals surface area contributed by atoms with E-state index in [1.807, 2.05) is 31.2 Å². The second-order valence-electron chi connectivity index (χ2n) is 4.57. The first-order valence-electron chi connectivity index (χ1n) is 6.43. The van der Waals surface area contributed by atoms with E-state index >= 15 is 0 Å². The van der Waals surface area contributed by atoms with Gasteiger partial charge in [0.25, 0.3) is 0 Å². The van der Waals surface area contributed by atoms with Gasteiger partial charge in [0.05, 0.1) is 5.69 Å². The van der Waals surface area contributed by atoms with Gasteiger partial charge in [-0.15, -0.1) is 0 Å². The van der Waals surface area contributed by atoms with Gasteiger partial charge in [-0.25, -0.2) is 0 Å². The Bertz CT molecular complexity index is 524. The van der Waals surface area contributed by atoms with E-state index in [-0.39, 0.29) is 0 Å². The summed E-state index contributed by atoms with van der Waals surface area (Å²) in [6, 6.07) is 8.11. The van der Waals surface area contributed by atoms with E-state index < -0.39 is 0 Å². The van der Waals surface area contributed by atoms with Crippen LogP contribution in [0.5, 0.6) is 0 Å². The Morgan fingerprint density at radius 2 is 2.11 bits per heavy atom. The van der Waals surface area contributed by atoms with Crippen LogP contribution in [-0.2, 0) is 6.42 Å². The Labute approximate surface area is 108 Å². The number of nitrogens with zero attached hydrogens (tertiary/aromatic N) is 1. The predicted octanol–water partition coefficient (Wildman–Crippen LogP) is 4.50. The zero-order valence-electron chi connectivity index (χ0n) is 11.0. The Hall–Kier alpha value is -1.83. The van der Waals surface area contributed by atoms with Gasteiger partial charge in [0, 0.05) is 11.8 Å². The van der Waals surface area contributed by atoms with Crippen molar-refractivity contribution in [2.45, 2.75) is 33.1 Å². The molecule has 0 bridgehead atoms. The molecule has 18 heavy (non-hydrogen) atoms.